The highest BCUT2D eigenvalue weighted by Crippen LogP contribution is 2.35. The van der Waals surface area contributed by atoms with Crippen molar-refractivity contribution in [1.29, 1.82) is 0 Å². The molecule has 0 bridgehead atoms. The fraction of sp³-hybridized carbons (Fsp3) is 0.500. The van der Waals surface area contributed by atoms with Gasteiger partial charge >= 0.3 is 0 Å². The van der Waals surface area contributed by atoms with E-state index >= 15 is 0 Å². The molecule has 29 heavy (non-hydrogen) atoms. The van der Waals surface area contributed by atoms with Crippen LogP contribution in [0.3, 0.4) is 0 Å². The van der Waals surface area contributed by atoms with Crippen molar-refractivity contribution in [1.82, 2.24) is 0 Å². The minimum Gasteiger partial charge on any atom is -0.491 e. The second-order valence-electron chi connectivity index (χ2n) is 8.16. The van der Waals surface area contributed by atoms with Crippen molar-refractivity contribution < 1.29 is 23.7 Å². The van der Waals surface area contributed by atoms with Crippen LogP contribution in [0.5, 0.6) is 17.2 Å². The van der Waals surface area contributed by atoms with E-state index in [-0.39, 0.29) is 6.10 Å². The molecule has 0 spiro atoms. The van der Waals surface area contributed by atoms with Gasteiger partial charge in [-0.15, -0.1) is 0 Å². The number of benzene rings is 2. The lowest BCUT2D eigenvalue weighted by Gasteiger charge is -2.29. The first-order chi connectivity index (χ1) is 14.3. The summed E-state index contributed by atoms with van der Waals surface area (Å²) < 4.78 is 28.0. The highest BCUT2D eigenvalue weighted by molar-refractivity contribution is 5.32. The van der Waals surface area contributed by atoms with Crippen LogP contribution in [0, 0.1) is 0 Å². The van der Waals surface area contributed by atoms with E-state index in [1.165, 1.54) is 5.56 Å². The van der Waals surface area contributed by atoms with Crippen molar-refractivity contribution in [2.45, 2.75) is 49.9 Å². The summed E-state index contributed by atoms with van der Waals surface area (Å²) in [6.07, 6.45) is 5.35. The van der Waals surface area contributed by atoms with Gasteiger partial charge in [-0.25, -0.2) is 0 Å². The fourth-order valence-corrected chi connectivity index (χ4v) is 3.86. The second kappa shape index (κ2) is 8.64. The first-order valence-electron chi connectivity index (χ1n) is 10.7. The summed E-state index contributed by atoms with van der Waals surface area (Å²) in [5.74, 6) is 3.33. The summed E-state index contributed by atoms with van der Waals surface area (Å²) in [4.78, 5) is 0. The van der Waals surface area contributed by atoms with E-state index in [0.29, 0.717) is 31.3 Å². The monoisotopic (exact) mass is 396 g/mol. The highest BCUT2D eigenvalue weighted by atomic mass is 16.6. The summed E-state index contributed by atoms with van der Waals surface area (Å²) in [5.41, 5.74) is 1.40. The molecule has 3 fully saturated rings. The third-order valence-corrected chi connectivity index (χ3v) is 5.83. The minimum atomic E-state index is 0.280. The van der Waals surface area contributed by atoms with Crippen LogP contribution >= 0.6 is 0 Å². The maximum atomic E-state index is 6.20. The highest BCUT2D eigenvalue weighted by Gasteiger charge is 2.25. The van der Waals surface area contributed by atoms with Crippen LogP contribution in [-0.4, -0.2) is 44.7 Å². The first kappa shape index (κ1) is 18.8. The van der Waals surface area contributed by atoms with E-state index in [1.807, 2.05) is 24.3 Å². The van der Waals surface area contributed by atoms with Gasteiger partial charge in [-0.2, -0.15) is 0 Å². The van der Waals surface area contributed by atoms with Gasteiger partial charge in [0.1, 0.15) is 42.7 Å². The SMILES string of the molecule is c1cc(OC2CCC(c3ccc(OCC4CO4)cc3)CC2)ccc1OCC1CO1. The van der Waals surface area contributed by atoms with Gasteiger partial charge in [-0.05, 0) is 73.6 Å². The Morgan fingerprint density at radius 2 is 1.14 bits per heavy atom. The second-order valence-corrected chi connectivity index (χ2v) is 8.16. The smallest absolute Gasteiger partial charge is 0.119 e. The molecule has 5 rings (SSSR count). The van der Waals surface area contributed by atoms with Crippen molar-refractivity contribution in [2.75, 3.05) is 26.4 Å². The molecule has 2 unspecified atom stereocenters. The van der Waals surface area contributed by atoms with E-state index in [2.05, 4.69) is 24.3 Å². The molecule has 2 aliphatic heterocycles. The molecule has 5 heteroatoms. The Balaban J connectivity index is 1.06. The molecule has 2 saturated heterocycles. The third-order valence-electron chi connectivity index (χ3n) is 5.83. The molecule has 0 amide bonds. The van der Waals surface area contributed by atoms with E-state index in [9.17, 15) is 0 Å². The van der Waals surface area contributed by atoms with Crippen LogP contribution in [-0.2, 0) is 9.47 Å². The summed E-state index contributed by atoms with van der Waals surface area (Å²) in [6, 6.07) is 16.5. The number of hydrogen-bond donors (Lipinski definition) is 0. The standard InChI is InChI=1S/C24H28O5/c1-5-19(25-13-23-15-27-23)6-2-17(1)18-3-7-21(8-4-18)29-22-11-9-20(10-12-22)26-14-24-16-28-24/h1-2,5-6,9-12,18,21,23-24H,3-4,7-8,13-16H2. The average molecular weight is 396 g/mol. The molecule has 0 radical (unpaired) electrons. The number of epoxide rings is 2. The van der Waals surface area contributed by atoms with Crippen molar-refractivity contribution in [3.63, 3.8) is 0 Å². The number of hydrogen-bond acceptors (Lipinski definition) is 5. The van der Waals surface area contributed by atoms with Crippen molar-refractivity contribution in [2.24, 2.45) is 0 Å². The zero-order chi connectivity index (χ0) is 19.5. The Bertz CT molecular complexity index is 772. The molecule has 0 N–H and O–H groups in total. The van der Waals surface area contributed by atoms with E-state index in [4.69, 9.17) is 23.7 Å². The van der Waals surface area contributed by atoms with Gasteiger partial charge in [0, 0.05) is 0 Å². The molecular weight excluding hydrogens is 368 g/mol. The Hall–Kier alpha value is -2.24. The quantitative estimate of drug-likeness (QED) is 0.590. The molecule has 2 aromatic carbocycles. The summed E-state index contributed by atoms with van der Waals surface area (Å²) in [6.45, 7) is 2.94. The fourth-order valence-electron chi connectivity index (χ4n) is 3.86. The Kier molecular flexibility index (Phi) is 5.59. The molecule has 154 valence electrons. The van der Waals surface area contributed by atoms with Crippen LogP contribution in [0.4, 0.5) is 0 Å². The topological polar surface area (TPSA) is 52.8 Å². The predicted octanol–water partition coefficient (Wildman–Crippen LogP) is 4.35. The van der Waals surface area contributed by atoms with Crippen LogP contribution in [0.15, 0.2) is 48.5 Å². The molecule has 1 aliphatic carbocycles. The Morgan fingerprint density at radius 3 is 1.66 bits per heavy atom. The van der Waals surface area contributed by atoms with Gasteiger partial charge in [0.2, 0.25) is 0 Å². The van der Waals surface area contributed by atoms with Crippen LogP contribution in [0.1, 0.15) is 37.2 Å². The summed E-state index contributed by atoms with van der Waals surface area (Å²) in [7, 11) is 0. The lowest BCUT2D eigenvalue weighted by Crippen LogP contribution is -2.23. The van der Waals surface area contributed by atoms with Gasteiger partial charge in [-0.1, -0.05) is 12.1 Å². The lowest BCUT2D eigenvalue weighted by atomic mass is 9.83. The Labute approximate surface area is 171 Å². The van der Waals surface area contributed by atoms with Gasteiger partial charge in [0.25, 0.3) is 0 Å². The van der Waals surface area contributed by atoms with Crippen LogP contribution < -0.4 is 14.2 Å². The average Bonchev–Trinajstić information content (AvgIpc) is 3.68. The lowest BCUT2D eigenvalue weighted by molar-refractivity contribution is 0.146. The molecule has 3 aliphatic rings. The largest absolute Gasteiger partial charge is 0.491 e. The molecule has 1 saturated carbocycles. The third kappa shape index (κ3) is 5.43. The molecular formula is C24H28O5. The maximum absolute atomic E-state index is 6.20. The Morgan fingerprint density at radius 1 is 0.655 bits per heavy atom. The van der Waals surface area contributed by atoms with Gasteiger partial charge in [0.05, 0.1) is 19.3 Å². The summed E-state index contributed by atoms with van der Waals surface area (Å²) in [5, 5.41) is 0. The molecule has 2 aromatic rings. The predicted molar refractivity (Wildman–Crippen MR) is 109 cm³/mol. The zero-order valence-corrected chi connectivity index (χ0v) is 16.6. The van der Waals surface area contributed by atoms with Gasteiger partial charge in [-0.3, -0.25) is 0 Å². The number of ether oxygens (including phenoxy) is 5. The zero-order valence-electron chi connectivity index (χ0n) is 16.6. The van der Waals surface area contributed by atoms with E-state index < -0.39 is 0 Å². The van der Waals surface area contributed by atoms with Crippen molar-refractivity contribution in [3.05, 3.63) is 54.1 Å². The van der Waals surface area contributed by atoms with Crippen molar-refractivity contribution in [3.8, 4) is 17.2 Å². The van der Waals surface area contributed by atoms with E-state index in [1.54, 1.807) is 0 Å². The maximum Gasteiger partial charge on any atom is 0.119 e. The molecule has 5 nitrogen and oxygen atoms in total. The normalized spacial score (nSPS) is 27.9. The van der Waals surface area contributed by atoms with Crippen LogP contribution in [0.2, 0.25) is 0 Å². The molecule has 2 heterocycles. The summed E-state index contributed by atoms with van der Waals surface area (Å²) >= 11 is 0. The van der Waals surface area contributed by atoms with E-state index in [0.717, 1.165) is 56.1 Å². The minimum absolute atomic E-state index is 0.280. The molecule has 0 aromatic heterocycles. The van der Waals surface area contributed by atoms with Gasteiger partial charge < -0.3 is 23.7 Å². The molecule has 2 atom stereocenters. The van der Waals surface area contributed by atoms with Crippen LogP contribution in [0.25, 0.3) is 0 Å². The number of rotatable bonds is 9. The van der Waals surface area contributed by atoms with Crippen molar-refractivity contribution >= 4 is 0 Å². The van der Waals surface area contributed by atoms with Gasteiger partial charge in [0.15, 0.2) is 0 Å². The first-order valence-corrected chi connectivity index (χ1v) is 10.7.